The quantitative estimate of drug-likeness (QED) is 0.541. The Kier molecular flexibility index (Phi) is 6.69. The van der Waals surface area contributed by atoms with Crippen molar-refractivity contribution in [3.8, 4) is 0 Å². The Morgan fingerprint density at radius 1 is 1.19 bits per heavy atom. The lowest BCUT2D eigenvalue weighted by molar-refractivity contribution is -0.111. The predicted octanol–water partition coefficient (Wildman–Crippen LogP) is 5.50. The summed E-state index contributed by atoms with van der Waals surface area (Å²) in [7, 11) is 1.37. The van der Waals surface area contributed by atoms with E-state index in [1.54, 1.807) is 18.2 Å². The molecule has 0 radical (unpaired) electrons. The summed E-state index contributed by atoms with van der Waals surface area (Å²) in [6.07, 6.45) is 9.47. The maximum atomic E-state index is 12.4. The van der Waals surface area contributed by atoms with Gasteiger partial charge in [-0.3, -0.25) is 4.79 Å². The van der Waals surface area contributed by atoms with Crippen LogP contribution in [0.3, 0.4) is 0 Å². The molecule has 0 spiro atoms. The maximum absolute atomic E-state index is 12.4. The van der Waals surface area contributed by atoms with Gasteiger partial charge in [-0.1, -0.05) is 36.6 Å². The highest BCUT2D eigenvalue weighted by molar-refractivity contribution is 7.17. The minimum atomic E-state index is -0.387. The number of carbonyl (C=O) groups is 2. The van der Waals surface area contributed by atoms with Gasteiger partial charge in [-0.25, -0.2) is 4.79 Å². The lowest BCUT2D eigenvalue weighted by atomic mass is 9.96. The van der Waals surface area contributed by atoms with Gasteiger partial charge in [0.2, 0.25) is 5.91 Å². The SMILES string of the molecule is COC(=O)c1c(NC(=O)C=Cc2cccc(Cl)c2)sc2c1CCCCCC2. The Balaban J connectivity index is 1.83. The number of rotatable bonds is 4. The van der Waals surface area contributed by atoms with Gasteiger partial charge in [-0.2, -0.15) is 0 Å². The zero-order valence-electron chi connectivity index (χ0n) is 15.2. The molecule has 1 aliphatic rings. The van der Waals surface area contributed by atoms with Gasteiger partial charge in [0.25, 0.3) is 0 Å². The molecule has 1 aromatic carbocycles. The van der Waals surface area contributed by atoms with Gasteiger partial charge < -0.3 is 10.1 Å². The number of amides is 1. The number of nitrogens with one attached hydrogen (secondary N) is 1. The van der Waals surface area contributed by atoms with Crippen LogP contribution in [0.25, 0.3) is 6.08 Å². The normalized spacial score (nSPS) is 14.3. The molecule has 0 atom stereocenters. The van der Waals surface area contributed by atoms with Gasteiger partial charge in [0.1, 0.15) is 5.00 Å². The Morgan fingerprint density at radius 2 is 1.96 bits per heavy atom. The molecule has 1 heterocycles. The molecule has 0 unspecified atom stereocenters. The molecule has 27 heavy (non-hydrogen) atoms. The van der Waals surface area contributed by atoms with Crippen molar-refractivity contribution in [2.75, 3.05) is 12.4 Å². The van der Waals surface area contributed by atoms with E-state index in [-0.39, 0.29) is 11.9 Å². The number of esters is 1. The number of halogens is 1. The molecule has 4 nitrogen and oxygen atoms in total. The molecule has 1 N–H and O–H groups in total. The first-order valence-electron chi connectivity index (χ1n) is 9.06. The van der Waals surface area contributed by atoms with Crippen LogP contribution in [0, 0.1) is 0 Å². The van der Waals surface area contributed by atoms with E-state index < -0.39 is 0 Å². The first-order chi connectivity index (χ1) is 13.1. The molecule has 0 bridgehead atoms. The number of methoxy groups -OCH3 is 1. The molecule has 0 fully saturated rings. The van der Waals surface area contributed by atoms with E-state index in [2.05, 4.69) is 5.32 Å². The van der Waals surface area contributed by atoms with Crippen molar-refractivity contribution in [1.29, 1.82) is 0 Å². The van der Waals surface area contributed by atoms with Crippen LogP contribution in [0.5, 0.6) is 0 Å². The third kappa shape index (κ3) is 4.99. The van der Waals surface area contributed by atoms with Crippen molar-refractivity contribution in [3.63, 3.8) is 0 Å². The van der Waals surface area contributed by atoms with Crippen molar-refractivity contribution < 1.29 is 14.3 Å². The highest BCUT2D eigenvalue weighted by Gasteiger charge is 2.25. The second kappa shape index (κ2) is 9.20. The van der Waals surface area contributed by atoms with Crippen LogP contribution in [0.1, 0.15) is 52.0 Å². The van der Waals surface area contributed by atoms with Gasteiger partial charge >= 0.3 is 5.97 Å². The number of hydrogen-bond acceptors (Lipinski definition) is 4. The highest BCUT2D eigenvalue weighted by Crippen LogP contribution is 2.37. The largest absolute Gasteiger partial charge is 0.465 e. The van der Waals surface area contributed by atoms with Gasteiger partial charge in [0.05, 0.1) is 12.7 Å². The van der Waals surface area contributed by atoms with E-state index in [1.807, 2.05) is 12.1 Å². The van der Waals surface area contributed by atoms with Crippen molar-refractivity contribution in [1.82, 2.24) is 0 Å². The fourth-order valence-corrected chi connectivity index (χ4v) is 4.74. The van der Waals surface area contributed by atoms with Crippen LogP contribution >= 0.6 is 22.9 Å². The molecular formula is C21H22ClNO3S. The van der Waals surface area contributed by atoms with E-state index >= 15 is 0 Å². The topological polar surface area (TPSA) is 55.4 Å². The number of thiophene rings is 1. The third-order valence-electron chi connectivity index (χ3n) is 4.57. The Hall–Kier alpha value is -2.11. The standard InChI is InChI=1S/C21H22ClNO3S/c1-26-21(25)19-16-9-4-2-3-5-10-17(16)27-20(19)23-18(24)12-11-14-7-6-8-15(22)13-14/h6-8,11-13H,2-5,9-10H2,1H3,(H,23,24). The molecule has 142 valence electrons. The second-order valence-corrected chi connectivity index (χ2v) is 8.03. The van der Waals surface area contributed by atoms with Crippen LogP contribution in [0.4, 0.5) is 5.00 Å². The van der Waals surface area contributed by atoms with E-state index in [0.29, 0.717) is 15.6 Å². The zero-order chi connectivity index (χ0) is 19.2. The Bertz CT molecular complexity index is 872. The first kappa shape index (κ1) is 19.6. The number of fused-ring (bicyclic) bond motifs is 1. The van der Waals surface area contributed by atoms with Crippen LogP contribution in [0.15, 0.2) is 30.3 Å². The summed E-state index contributed by atoms with van der Waals surface area (Å²) in [5.74, 6) is -0.670. The second-order valence-electron chi connectivity index (χ2n) is 6.49. The fourth-order valence-electron chi connectivity index (χ4n) is 3.26. The zero-order valence-corrected chi connectivity index (χ0v) is 16.8. The lowest BCUT2D eigenvalue weighted by Gasteiger charge is -2.10. The van der Waals surface area contributed by atoms with Gasteiger partial charge in [-0.05, 0) is 55.0 Å². The van der Waals surface area contributed by atoms with Crippen LogP contribution in [-0.2, 0) is 22.4 Å². The number of carbonyl (C=O) groups excluding carboxylic acids is 2. The van der Waals surface area contributed by atoms with Crippen LogP contribution < -0.4 is 5.32 Å². The maximum Gasteiger partial charge on any atom is 0.341 e. The highest BCUT2D eigenvalue weighted by atomic mass is 35.5. The fraction of sp³-hybridized carbons (Fsp3) is 0.333. The van der Waals surface area contributed by atoms with Crippen LogP contribution in [-0.4, -0.2) is 19.0 Å². The summed E-state index contributed by atoms with van der Waals surface area (Å²) in [6.45, 7) is 0. The number of ether oxygens (including phenoxy) is 1. The number of aryl methyl sites for hydroxylation is 1. The molecule has 1 aromatic heterocycles. The van der Waals surface area contributed by atoms with Gasteiger partial charge in [0.15, 0.2) is 0 Å². The monoisotopic (exact) mass is 403 g/mol. The van der Waals surface area contributed by atoms with Crippen molar-refractivity contribution in [2.24, 2.45) is 0 Å². The van der Waals surface area contributed by atoms with Gasteiger partial charge in [-0.15, -0.1) is 11.3 Å². The minimum absolute atomic E-state index is 0.283. The molecule has 3 rings (SSSR count). The lowest BCUT2D eigenvalue weighted by Crippen LogP contribution is -2.12. The van der Waals surface area contributed by atoms with E-state index in [9.17, 15) is 9.59 Å². The molecule has 6 heteroatoms. The first-order valence-corrected chi connectivity index (χ1v) is 10.3. The predicted molar refractivity (Wildman–Crippen MR) is 111 cm³/mol. The Labute approximate surface area is 168 Å². The summed E-state index contributed by atoms with van der Waals surface area (Å²) in [5, 5.41) is 4.06. The smallest absolute Gasteiger partial charge is 0.341 e. The number of hydrogen-bond donors (Lipinski definition) is 1. The Morgan fingerprint density at radius 3 is 2.70 bits per heavy atom. The molecule has 0 aliphatic heterocycles. The molecule has 1 amide bonds. The summed E-state index contributed by atoms with van der Waals surface area (Å²) < 4.78 is 4.98. The third-order valence-corrected chi connectivity index (χ3v) is 6.02. The number of anilines is 1. The average molecular weight is 404 g/mol. The van der Waals surface area contributed by atoms with Gasteiger partial charge in [0, 0.05) is 16.0 Å². The summed E-state index contributed by atoms with van der Waals surface area (Å²) in [5.41, 5.74) is 2.40. The van der Waals surface area contributed by atoms with E-state index in [0.717, 1.165) is 36.8 Å². The van der Waals surface area contributed by atoms with Crippen molar-refractivity contribution in [3.05, 3.63) is 56.9 Å². The molecule has 2 aromatic rings. The van der Waals surface area contributed by atoms with E-state index in [1.165, 1.54) is 42.2 Å². The number of benzene rings is 1. The summed E-state index contributed by atoms with van der Waals surface area (Å²) in [4.78, 5) is 26.0. The molecule has 0 saturated heterocycles. The van der Waals surface area contributed by atoms with E-state index in [4.69, 9.17) is 16.3 Å². The van der Waals surface area contributed by atoms with Crippen molar-refractivity contribution >= 4 is 45.9 Å². The molecule has 1 aliphatic carbocycles. The van der Waals surface area contributed by atoms with Crippen LogP contribution in [0.2, 0.25) is 5.02 Å². The summed E-state index contributed by atoms with van der Waals surface area (Å²) >= 11 is 7.45. The van der Waals surface area contributed by atoms with Crippen molar-refractivity contribution in [2.45, 2.75) is 38.5 Å². The minimum Gasteiger partial charge on any atom is -0.465 e. The molecule has 0 saturated carbocycles. The molecular weight excluding hydrogens is 382 g/mol. The summed E-state index contributed by atoms with van der Waals surface area (Å²) in [6, 6.07) is 7.26. The average Bonchev–Trinajstić information content (AvgIpc) is 2.95.